The van der Waals surface area contributed by atoms with Gasteiger partial charge in [-0.3, -0.25) is 0 Å². The molecule has 1 aromatic heterocycles. The third-order valence-corrected chi connectivity index (χ3v) is 3.44. The van der Waals surface area contributed by atoms with Gasteiger partial charge in [-0.1, -0.05) is 41.4 Å². The summed E-state index contributed by atoms with van der Waals surface area (Å²) in [6.07, 6.45) is 3.56. The molecular weight excluding hydrogens is 307 g/mol. The minimum absolute atomic E-state index is 0.417. The first-order valence-corrected chi connectivity index (χ1v) is 7.00. The van der Waals surface area contributed by atoms with E-state index in [1.165, 1.54) is 0 Å². The molecule has 3 nitrogen and oxygen atoms in total. The van der Waals surface area contributed by atoms with E-state index in [0.717, 1.165) is 11.1 Å². The van der Waals surface area contributed by atoms with Gasteiger partial charge in [-0.15, -0.1) is 10.2 Å². The first-order chi connectivity index (χ1) is 10.2. The lowest BCUT2D eigenvalue weighted by Crippen LogP contribution is -1.76. The first-order valence-electron chi connectivity index (χ1n) is 6.24. The second kappa shape index (κ2) is 6.12. The Balaban J connectivity index is 1.82. The average Bonchev–Trinajstić information content (AvgIpc) is 2.96. The van der Waals surface area contributed by atoms with Crippen molar-refractivity contribution in [1.29, 1.82) is 0 Å². The van der Waals surface area contributed by atoms with E-state index >= 15 is 0 Å². The molecule has 0 aliphatic carbocycles. The number of rotatable bonds is 3. The van der Waals surface area contributed by atoms with Gasteiger partial charge in [-0.2, -0.15) is 0 Å². The quantitative estimate of drug-likeness (QED) is 0.665. The molecule has 0 radical (unpaired) electrons. The highest BCUT2D eigenvalue weighted by atomic mass is 35.5. The molecule has 3 rings (SSSR count). The van der Waals surface area contributed by atoms with Crippen LogP contribution in [0, 0.1) is 0 Å². The first kappa shape index (κ1) is 13.9. The number of benzene rings is 2. The largest absolute Gasteiger partial charge is 0.417 e. The zero-order valence-corrected chi connectivity index (χ0v) is 12.3. The molecular formula is C16H10Cl2N2O. The Morgan fingerprint density at radius 3 is 2.38 bits per heavy atom. The summed E-state index contributed by atoms with van der Waals surface area (Å²) in [4.78, 5) is 0. The molecule has 0 N–H and O–H groups in total. The minimum Gasteiger partial charge on any atom is -0.417 e. The predicted octanol–water partition coefficient (Wildman–Crippen LogP) is 5.21. The summed E-state index contributed by atoms with van der Waals surface area (Å²) in [7, 11) is 0. The normalized spacial score (nSPS) is 11.1. The summed E-state index contributed by atoms with van der Waals surface area (Å²) in [5.41, 5.74) is 1.72. The smallest absolute Gasteiger partial charge is 0.248 e. The molecule has 0 bridgehead atoms. The summed E-state index contributed by atoms with van der Waals surface area (Å²) in [5, 5.41) is 9.32. The molecule has 1 heterocycles. The third-order valence-electron chi connectivity index (χ3n) is 2.84. The topological polar surface area (TPSA) is 38.9 Å². The number of nitrogens with zero attached hydrogens (tertiary/aromatic N) is 2. The van der Waals surface area contributed by atoms with Crippen LogP contribution >= 0.6 is 23.2 Å². The summed E-state index contributed by atoms with van der Waals surface area (Å²) >= 11 is 11.9. The molecule has 5 heteroatoms. The fourth-order valence-corrected chi connectivity index (χ4v) is 2.11. The van der Waals surface area contributed by atoms with Crippen LogP contribution < -0.4 is 0 Å². The Kier molecular flexibility index (Phi) is 4.04. The fourth-order valence-electron chi connectivity index (χ4n) is 1.78. The van der Waals surface area contributed by atoms with Gasteiger partial charge in [0.2, 0.25) is 11.8 Å². The highest BCUT2D eigenvalue weighted by Crippen LogP contribution is 2.22. The molecule has 104 valence electrons. The van der Waals surface area contributed by atoms with E-state index in [0.29, 0.717) is 21.8 Å². The van der Waals surface area contributed by atoms with Crippen LogP contribution in [0.3, 0.4) is 0 Å². The van der Waals surface area contributed by atoms with E-state index in [1.54, 1.807) is 18.2 Å². The third kappa shape index (κ3) is 3.32. The van der Waals surface area contributed by atoms with E-state index in [2.05, 4.69) is 10.2 Å². The SMILES string of the molecule is Clc1ccc(-c2nnc(/C=C/c3ccccc3Cl)o2)cc1. The van der Waals surface area contributed by atoms with E-state index < -0.39 is 0 Å². The second-order valence-electron chi connectivity index (χ2n) is 4.31. The van der Waals surface area contributed by atoms with Crippen molar-refractivity contribution >= 4 is 35.4 Å². The lowest BCUT2D eigenvalue weighted by molar-refractivity contribution is 0.558. The molecule has 0 unspecified atom stereocenters. The van der Waals surface area contributed by atoms with Crippen LogP contribution in [0.15, 0.2) is 52.9 Å². The van der Waals surface area contributed by atoms with Gasteiger partial charge in [0.05, 0.1) is 0 Å². The van der Waals surface area contributed by atoms with Crippen LogP contribution in [0.1, 0.15) is 11.5 Å². The maximum atomic E-state index is 6.08. The van der Waals surface area contributed by atoms with Crippen LogP contribution in [0.4, 0.5) is 0 Å². The zero-order valence-electron chi connectivity index (χ0n) is 10.8. The van der Waals surface area contributed by atoms with Crippen molar-refractivity contribution in [3.63, 3.8) is 0 Å². The van der Waals surface area contributed by atoms with Crippen molar-refractivity contribution < 1.29 is 4.42 Å². The molecule has 0 spiro atoms. The van der Waals surface area contributed by atoms with Crippen molar-refractivity contribution in [3.05, 3.63) is 70.0 Å². The van der Waals surface area contributed by atoms with E-state index in [1.807, 2.05) is 42.5 Å². The molecule has 0 atom stereocenters. The number of halogens is 2. The highest BCUT2D eigenvalue weighted by molar-refractivity contribution is 6.32. The molecule has 0 saturated carbocycles. The Hall–Kier alpha value is -2.10. The second-order valence-corrected chi connectivity index (χ2v) is 5.15. The van der Waals surface area contributed by atoms with Gasteiger partial charge < -0.3 is 4.42 Å². The molecule has 0 aliphatic rings. The van der Waals surface area contributed by atoms with Gasteiger partial charge in [0.15, 0.2) is 0 Å². The Bertz CT molecular complexity index is 779. The van der Waals surface area contributed by atoms with Crippen molar-refractivity contribution in [2.45, 2.75) is 0 Å². The van der Waals surface area contributed by atoms with Gasteiger partial charge in [-0.25, -0.2) is 0 Å². The average molecular weight is 317 g/mol. The van der Waals surface area contributed by atoms with E-state index in [9.17, 15) is 0 Å². The van der Waals surface area contributed by atoms with E-state index in [-0.39, 0.29) is 0 Å². The van der Waals surface area contributed by atoms with Crippen LogP contribution in [0.5, 0.6) is 0 Å². The monoisotopic (exact) mass is 316 g/mol. The molecule has 0 aliphatic heterocycles. The molecule has 0 saturated heterocycles. The maximum Gasteiger partial charge on any atom is 0.248 e. The molecule has 21 heavy (non-hydrogen) atoms. The van der Waals surface area contributed by atoms with Crippen LogP contribution in [-0.4, -0.2) is 10.2 Å². The van der Waals surface area contributed by atoms with Gasteiger partial charge in [0.25, 0.3) is 0 Å². The Labute approximate surface area is 131 Å². The standard InChI is InChI=1S/C16H10Cl2N2O/c17-13-8-5-12(6-9-13)16-20-19-15(21-16)10-7-11-3-1-2-4-14(11)18/h1-10H/b10-7+. The number of aromatic nitrogens is 2. The predicted molar refractivity (Wildman–Crippen MR) is 85.1 cm³/mol. The molecule has 3 aromatic rings. The van der Waals surface area contributed by atoms with Crippen molar-refractivity contribution in [2.24, 2.45) is 0 Å². The molecule has 0 fully saturated rings. The Morgan fingerprint density at radius 2 is 1.62 bits per heavy atom. The fraction of sp³-hybridized carbons (Fsp3) is 0. The number of hydrogen-bond donors (Lipinski definition) is 0. The number of hydrogen-bond acceptors (Lipinski definition) is 3. The highest BCUT2D eigenvalue weighted by Gasteiger charge is 2.06. The van der Waals surface area contributed by atoms with Gasteiger partial charge in [-0.05, 0) is 42.0 Å². The summed E-state index contributed by atoms with van der Waals surface area (Å²) in [6.45, 7) is 0. The summed E-state index contributed by atoms with van der Waals surface area (Å²) in [6, 6.07) is 14.8. The zero-order chi connectivity index (χ0) is 14.7. The van der Waals surface area contributed by atoms with Gasteiger partial charge in [0.1, 0.15) is 0 Å². The lowest BCUT2D eigenvalue weighted by Gasteiger charge is -1.95. The molecule has 2 aromatic carbocycles. The van der Waals surface area contributed by atoms with Gasteiger partial charge >= 0.3 is 0 Å². The summed E-state index contributed by atoms with van der Waals surface area (Å²) < 4.78 is 5.58. The van der Waals surface area contributed by atoms with Gasteiger partial charge in [0, 0.05) is 21.7 Å². The van der Waals surface area contributed by atoms with Crippen molar-refractivity contribution in [1.82, 2.24) is 10.2 Å². The summed E-state index contributed by atoms with van der Waals surface area (Å²) in [5.74, 6) is 0.866. The maximum absolute atomic E-state index is 6.08. The van der Waals surface area contributed by atoms with Crippen molar-refractivity contribution in [3.8, 4) is 11.5 Å². The van der Waals surface area contributed by atoms with Crippen molar-refractivity contribution in [2.75, 3.05) is 0 Å². The molecule has 0 amide bonds. The van der Waals surface area contributed by atoms with E-state index in [4.69, 9.17) is 27.6 Å². The van der Waals surface area contributed by atoms with Crippen LogP contribution in [-0.2, 0) is 0 Å². The minimum atomic E-state index is 0.417. The Morgan fingerprint density at radius 1 is 0.857 bits per heavy atom. The lowest BCUT2D eigenvalue weighted by atomic mass is 10.2. The van der Waals surface area contributed by atoms with Crippen LogP contribution in [0.25, 0.3) is 23.6 Å². The van der Waals surface area contributed by atoms with Crippen LogP contribution in [0.2, 0.25) is 10.0 Å².